The molecule has 1 N–H and O–H groups in total. The van der Waals surface area contributed by atoms with E-state index in [2.05, 4.69) is 27.3 Å². The Labute approximate surface area is 132 Å². The van der Waals surface area contributed by atoms with Crippen molar-refractivity contribution in [2.45, 2.75) is 12.3 Å². The number of halogens is 3. The van der Waals surface area contributed by atoms with Gasteiger partial charge in [-0.3, -0.25) is 0 Å². The maximum absolute atomic E-state index is 13.1. The van der Waals surface area contributed by atoms with E-state index in [0.717, 1.165) is 28.0 Å². The summed E-state index contributed by atoms with van der Waals surface area (Å²) < 4.78 is 14.0. The van der Waals surface area contributed by atoms with E-state index in [1.807, 2.05) is 31.3 Å². The van der Waals surface area contributed by atoms with Crippen molar-refractivity contribution in [3.8, 4) is 0 Å². The lowest BCUT2D eigenvalue weighted by Gasteiger charge is -2.18. The van der Waals surface area contributed by atoms with Gasteiger partial charge in [0.2, 0.25) is 0 Å². The summed E-state index contributed by atoms with van der Waals surface area (Å²) in [6.07, 6.45) is 0.821. The van der Waals surface area contributed by atoms with Crippen LogP contribution < -0.4 is 5.32 Å². The zero-order valence-corrected chi connectivity index (χ0v) is 13.5. The molecule has 0 radical (unpaired) electrons. The summed E-state index contributed by atoms with van der Waals surface area (Å²) in [4.78, 5) is 0. The van der Waals surface area contributed by atoms with Gasteiger partial charge in [0.05, 0.1) is 0 Å². The molecule has 1 atom stereocenters. The second kappa shape index (κ2) is 7.21. The van der Waals surface area contributed by atoms with Crippen LogP contribution in [0.15, 0.2) is 46.9 Å². The Morgan fingerprint density at radius 2 is 2.05 bits per heavy atom. The molecule has 0 spiro atoms. The van der Waals surface area contributed by atoms with Crippen LogP contribution in [0.25, 0.3) is 0 Å². The Balaban J connectivity index is 2.25. The maximum atomic E-state index is 13.1. The first kappa shape index (κ1) is 15.5. The van der Waals surface area contributed by atoms with Crippen LogP contribution in [0.4, 0.5) is 4.39 Å². The van der Waals surface area contributed by atoms with E-state index >= 15 is 0 Å². The molecule has 2 aromatic rings. The van der Waals surface area contributed by atoms with Crippen molar-refractivity contribution >= 4 is 27.5 Å². The summed E-state index contributed by atoms with van der Waals surface area (Å²) in [7, 11) is 1.93. The van der Waals surface area contributed by atoms with E-state index in [1.165, 1.54) is 17.7 Å². The molecule has 0 bridgehead atoms. The number of hydrogen-bond donors (Lipinski definition) is 1. The fraction of sp³-hybridized carbons (Fsp3) is 0.250. The van der Waals surface area contributed by atoms with Gasteiger partial charge in [0.15, 0.2) is 0 Å². The molecule has 0 saturated heterocycles. The summed E-state index contributed by atoms with van der Waals surface area (Å²) in [5.41, 5.74) is 2.27. The van der Waals surface area contributed by atoms with Crippen molar-refractivity contribution in [2.75, 3.05) is 13.6 Å². The predicted octanol–water partition coefficient (Wildman–Crippen LogP) is 4.79. The number of hydrogen-bond acceptors (Lipinski definition) is 1. The van der Waals surface area contributed by atoms with E-state index < -0.39 is 0 Å². The van der Waals surface area contributed by atoms with Crippen molar-refractivity contribution in [3.63, 3.8) is 0 Å². The molecule has 1 nitrogen and oxygen atoms in total. The summed E-state index contributed by atoms with van der Waals surface area (Å²) in [5.74, 6) is 0.0639. The van der Waals surface area contributed by atoms with Gasteiger partial charge >= 0.3 is 0 Å². The molecular formula is C16H16BrClFN. The standard InChI is InChI=1S/C16H16BrClFN/c1-20-10-13(11-3-2-4-14(18)8-11)7-12-5-6-15(19)9-16(12)17/h2-6,8-9,13,20H,7,10H2,1H3. The van der Waals surface area contributed by atoms with Gasteiger partial charge in [0, 0.05) is 22.0 Å². The first-order valence-electron chi connectivity index (χ1n) is 6.44. The van der Waals surface area contributed by atoms with Gasteiger partial charge in [0.25, 0.3) is 0 Å². The topological polar surface area (TPSA) is 12.0 Å². The van der Waals surface area contributed by atoms with Crippen LogP contribution in [0, 0.1) is 5.82 Å². The molecule has 1 unspecified atom stereocenters. The molecule has 0 aliphatic carbocycles. The average Bonchev–Trinajstić information content (AvgIpc) is 2.41. The van der Waals surface area contributed by atoms with Crippen molar-refractivity contribution in [2.24, 2.45) is 0 Å². The van der Waals surface area contributed by atoms with Crippen LogP contribution in [0.3, 0.4) is 0 Å². The Morgan fingerprint density at radius 1 is 1.25 bits per heavy atom. The van der Waals surface area contributed by atoms with Crippen LogP contribution in [0.2, 0.25) is 5.02 Å². The second-order valence-electron chi connectivity index (χ2n) is 4.75. The Bertz CT molecular complexity index is 588. The lowest BCUT2D eigenvalue weighted by molar-refractivity contribution is 0.613. The van der Waals surface area contributed by atoms with Crippen molar-refractivity contribution in [1.29, 1.82) is 0 Å². The molecule has 106 valence electrons. The summed E-state index contributed by atoms with van der Waals surface area (Å²) >= 11 is 9.49. The van der Waals surface area contributed by atoms with Crippen LogP contribution in [0.1, 0.15) is 17.0 Å². The van der Waals surface area contributed by atoms with Gasteiger partial charge in [-0.2, -0.15) is 0 Å². The molecule has 0 aromatic heterocycles. The molecule has 0 aliphatic heterocycles. The lowest BCUT2D eigenvalue weighted by atomic mass is 9.92. The number of rotatable bonds is 5. The minimum Gasteiger partial charge on any atom is -0.319 e. The van der Waals surface area contributed by atoms with Crippen LogP contribution >= 0.6 is 27.5 Å². The van der Waals surface area contributed by atoms with Gasteiger partial charge in [-0.15, -0.1) is 0 Å². The fourth-order valence-electron chi connectivity index (χ4n) is 2.27. The normalized spacial score (nSPS) is 12.4. The van der Waals surface area contributed by atoms with E-state index in [4.69, 9.17) is 11.6 Å². The molecule has 0 saturated carbocycles. The highest BCUT2D eigenvalue weighted by atomic mass is 79.9. The van der Waals surface area contributed by atoms with E-state index in [1.54, 1.807) is 0 Å². The molecule has 0 aliphatic rings. The van der Waals surface area contributed by atoms with Crippen LogP contribution in [0.5, 0.6) is 0 Å². The lowest BCUT2D eigenvalue weighted by Crippen LogP contribution is -2.19. The highest BCUT2D eigenvalue weighted by molar-refractivity contribution is 9.10. The average molecular weight is 357 g/mol. The zero-order valence-electron chi connectivity index (χ0n) is 11.2. The van der Waals surface area contributed by atoms with Crippen molar-refractivity contribution in [3.05, 3.63) is 68.9 Å². The van der Waals surface area contributed by atoms with Crippen LogP contribution in [-0.2, 0) is 6.42 Å². The molecule has 0 heterocycles. The molecule has 20 heavy (non-hydrogen) atoms. The molecule has 0 amide bonds. The summed E-state index contributed by atoms with van der Waals surface area (Å²) in [6, 6.07) is 12.7. The first-order valence-corrected chi connectivity index (χ1v) is 7.61. The Hall–Kier alpha value is -0.900. The number of likely N-dealkylation sites (N-methyl/N-ethyl adjacent to an activating group) is 1. The minimum atomic E-state index is -0.228. The smallest absolute Gasteiger partial charge is 0.124 e. The monoisotopic (exact) mass is 355 g/mol. The fourth-order valence-corrected chi connectivity index (χ4v) is 2.98. The maximum Gasteiger partial charge on any atom is 0.124 e. The minimum absolute atomic E-state index is 0.228. The second-order valence-corrected chi connectivity index (χ2v) is 6.04. The van der Waals surface area contributed by atoms with Crippen molar-refractivity contribution < 1.29 is 4.39 Å². The third kappa shape index (κ3) is 4.05. The third-order valence-electron chi connectivity index (χ3n) is 3.25. The number of nitrogens with one attached hydrogen (secondary N) is 1. The molecule has 2 aromatic carbocycles. The van der Waals surface area contributed by atoms with Gasteiger partial charge in [-0.1, -0.05) is 45.7 Å². The zero-order chi connectivity index (χ0) is 14.5. The van der Waals surface area contributed by atoms with Gasteiger partial charge < -0.3 is 5.32 Å². The van der Waals surface area contributed by atoms with Crippen molar-refractivity contribution in [1.82, 2.24) is 5.32 Å². The summed E-state index contributed by atoms with van der Waals surface area (Å²) in [6.45, 7) is 0.837. The van der Waals surface area contributed by atoms with Gasteiger partial charge in [0.1, 0.15) is 5.82 Å². The molecule has 0 fully saturated rings. The highest BCUT2D eigenvalue weighted by Gasteiger charge is 2.14. The molecule has 2 rings (SSSR count). The van der Waals surface area contributed by atoms with Crippen LogP contribution in [-0.4, -0.2) is 13.6 Å². The predicted molar refractivity (Wildman–Crippen MR) is 85.9 cm³/mol. The van der Waals surface area contributed by atoms with Gasteiger partial charge in [-0.05, 0) is 48.9 Å². The third-order valence-corrected chi connectivity index (χ3v) is 4.23. The highest BCUT2D eigenvalue weighted by Crippen LogP contribution is 2.27. The quantitative estimate of drug-likeness (QED) is 0.812. The summed E-state index contributed by atoms with van der Waals surface area (Å²) in [5, 5.41) is 3.94. The SMILES string of the molecule is CNCC(Cc1ccc(F)cc1Br)c1cccc(Cl)c1. The van der Waals surface area contributed by atoms with E-state index in [9.17, 15) is 4.39 Å². The molecule has 4 heteroatoms. The first-order chi connectivity index (χ1) is 9.60. The largest absolute Gasteiger partial charge is 0.319 e. The van der Waals surface area contributed by atoms with E-state index in [0.29, 0.717) is 5.92 Å². The Morgan fingerprint density at radius 3 is 2.70 bits per heavy atom. The molecular weight excluding hydrogens is 341 g/mol. The Kier molecular flexibility index (Phi) is 5.58. The van der Waals surface area contributed by atoms with E-state index in [-0.39, 0.29) is 5.82 Å². The van der Waals surface area contributed by atoms with Gasteiger partial charge in [-0.25, -0.2) is 4.39 Å². The number of benzene rings is 2.